The van der Waals surface area contributed by atoms with E-state index >= 15 is 0 Å². The highest BCUT2D eigenvalue weighted by molar-refractivity contribution is 5.91. The Labute approximate surface area is 124 Å². The molecular weight excluding hydrogens is 274 g/mol. The number of piperazine rings is 1. The summed E-state index contributed by atoms with van der Waals surface area (Å²) >= 11 is 0. The Hall–Kier alpha value is -1.79. The fraction of sp³-hybridized carbons (Fsp3) is 0.786. The molecule has 1 heterocycles. The van der Waals surface area contributed by atoms with Gasteiger partial charge in [0, 0.05) is 19.1 Å². The lowest BCUT2D eigenvalue weighted by molar-refractivity contribution is -0.142. The second kappa shape index (κ2) is 4.89. The maximum Gasteiger partial charge on any atom is 0.318 e. The van der Waals surface area contributed by atoms with Crippen LogP contribution < -0.4 is 10.6 Å². The van der Waals surface area contributed by atoms with E-state index in [1.807, 2.05) is 0 Å². The summed E-state index contributed by atoms with van der Waals surface area (Å²) in [6.45, 7) is 8.99. The van der Waals surface area contributed by atoms with Gasteiger partial charge in [0.05, 0.1) is 6.42 Å². The Morgan fingerprint density at radius 2 is 1.90 bits per heavy atom. The van der Waals surface area contributed by atoms with Gasteiger partial charge in [-0.2, -0.15) is 0 Å². The first-order valence-corrected chi connectivity index (χ1v) is 7.15. The fourth-order valence-corrected chi connectivity index (χ4v) is 3.09. The lowest BCUT2D eigenvalue weighted by Gasteiger charge is -2.34. The van der Waals surface area contributed by atoms with Crippen molar-refractivity contribution < 1.29 is 19.5 Å². The van der Waals surface area contributed by atoms with E-state index in [0.29, 0.717) is 13.1 Å². The van der Waals surface area contributed by atoms with Gasteiger partial charge < -0.3 is 20.6 Å². The summed E-state index contributed by atoms with van der Waals surface area (Å²) in [4.78, 5) is 36.4. The number of carboxylic acids is 1. The van der Waals surface area contributed by atoms with E-state index in [2.05, 4.69) is 38.3 Å². The molecule has 1 atom stereocenters. The minimum Gasteiger partial charge on any atom is -0.481 e. The van der Waals surface area contributed by atoms with Gasteiger partial charge in [-0.3, -0.25) is 9.59 Å². The number of rotatable bonds is 3. The Bertz CT molecular complexity index is 473. The molecule has 0 spiro atoms. The largest absolute Gasteiger partial charge is 0.481 e. The molecule has 3 N–H and O–H groups in total. The molecule has 2 rings (SSSR count). The summed E-state index contributed by atoms with van der Waals surface area (Å²) < 4.78 is 0. The summed E-state index contributed by atoms with van der Waals surface area (Å²) in [7, 11) is 0. The number of carbonyl (C=O) groups is 3. The number of nitrogens with zero attached hydrogens (tertiary/aromatic N) is 1. The molecule has 1 saturated heterocycles. The fourth-order valence-electron chi connectivity index (χ4n) is 3.09. The second-order valence-corrected chi connectivity index (χ2v) is 6.92. The highest BCUT2D eigenvalue weighted by Crippen LogP contribution is 2.62. The van der Waals surface area contributed by atoms with Gasteiger partial charge >= 0.3 is 12.0 Å². The van der Waals surface area contributed by atoms with Crippen LogP contribution >= 0.6 is 0 Å². The topological polar surface area (TPSA) is 98.7 Å². The lowest BCUT2D eigenvalue weighted by Crippen LogP contribution is -2.60. The van der Waals surface area contributed by atoms with Crippen molar-refractivity contribution in [2.45, 2.75) is 46.2 Å². The highest BCUT2D eigenvalue weighted by Gasteiger charge is 2.65. The third kappa shape index (κ3) is 2.56. The van der Waals surface area contributed by atoms with E-state index in [-0.39, 0.29) is 29.3 Å². The Morgan fingerprint density at radius 1 is 1.33 bits per heavy atom. The molecule has 21 heavy (non-hydrogen) atoms. The molecule has 2 aliphatic rings. The predicted octanol–water partition coefficient (Wildman–Crippen LogP) is 0.406. The SMILES string of the molecule is CC1(C)C(NC(=O)N2CCNC(=O)C2CC(=O)O)C1(C)C. The molecular formula is C14H23N3O4. The predicted molar refractivity (Wildman–Crippen MR) is 75.6 cm³/mol. The van der Waals surface area contributed by atoms with Crippen LogP contribution in [0.5, 0.6) is 0 Å². The Balaban J connectivity index is 2.06. The van der Waals surface area contributed by atoms with E-state index in [1.165, 1.54) is 4.90 Å². The van der Waals surface area contributed by atoms with Crippen molar-refractivity contribution in [3.8, 4) is 0 Å². The molecule has 1 saturated carbocycles. The van der Waals surface area contributed by atoms with Crippen molar-refractivity contribution in [3.05, 3.63) is 0 Å². The summed E-state index contributed by atoms with van der Waals surface area (Å²) in [5, 5.41) is 14.4. The average molecular weight is 297 g/mol. The number of aliphatic carboxylic acids is 1. The van der Waals surface area contributed by atoms with Crippen molar-refractivity contribution in [1.82, 2.24) is 15.5 Å². The van der Waals surface area contributed by atoms with Crippen LogP contribution in [0.1, 0.15) is 34.1 Å². The first kappa shape index (κ1) is 15.6. The van der Waals surface area contributed by atoms with Crippen LogP contribution in [0.3, 0.4) is 0 Å². The maximum atomic E-state index is 12.4. The van der Waals surface area contributed by atoms with E-state index in [9.17, 15) is 14.4 Å². The molecule has 0 bridgehead atoms. The minimum atomic E-state index is -1.10. The zero-order valence-electron chi connectivity index (χ0n) is 12.9. The average Bonchev–Trinajstić information content (AvgIpc) is 2.73. The second-order valence-electron chi connectivity index (χ2n) is 6.92. The van der Waals surface area contributed by atoms with Crippen LogP contribution in [0, 0.1) is 10.8 Å². The molecule has 7 heteroatoms. The van der Waals surface area contributed by atoms with Gasteiger partial charge in [0.2, 0.25) is 5.91 Å². The number of amides is 3. The molecule has 1 aliphatic heterocycles. The molecule has 2 fully saturated rings. The van der Waals surface area contributed by atoms with Crippen LogP contribution in [0.2, 0.25) is 0 Å². The zero-order chi connectivity index (χ0) is 16.0. The monoisotopic (exact) mass is 297 g/mol. The molecule has 7 nitrogen and oxygen atoms in total. The van der Waals surface area contributed by atoms with Gasteiger partial charge in [-0.05, 0) is 10.8 Å². The van der Waals surface area contributed by atoms with Gasteiger partial charge in [0.15, 0.2) is 0 Å². The summed E-state index contributed by atoms with van der Waals surface area (Å²) in [6, 6.07) is -1.28. The Kier molecular flexibility index (Phi) is 3.63. The lowest BCUT2D eigenvalue weighted by atomic mass is 10.0. The molecule has 1 unspecified atom stereocenters. The van der Waals surface area contributed by atoms with Crippen molar-refractivity contribution >= 4 is 17.9 Å². The molecule has 0 aromatic carbocycles. The standard InChI is InChI=1S/C14H23N3O4/c1-13(2)11(14(13,3)4)16-12(21)17-6-5-15-10(20)8(17)7-9(18)19/h8,11H,5-7H2,1-4H3,(H,15,20)(H,16,21)(H,18,19). The molecule has 1 aliphatic carbocycles. The smallest absolute Gasteiger partial charge is 0.318 e. The molecule has 0 aromatic rings. The summed E-state index contributed by atoms with van der Waals surface area (Å²) in [5.74, 6) is -1.50. The number of urea groups is 1. The number of hydrogen-bond acceptors (Lipinski definition) is 3. The van der Waals surface area contributed by atoms with Crippen LogP contribution in [-0.2, 0) is 9.59 Å². The van der Waals surface area contributed by atoms with E-state index < -0.39 is 17.9 Å². The van der Waals surface area contributed by atoms with E-state index in [4.69, 9.17) is 5.11 Å². The number of carbonyl (C=O) groups excluding carboxylic acids is 2. The molecule has 0 radical (unpaired) electrons. The van der Waals surface area contributed by atoms with Crippen LogP contribution in [0.25, 0.3) is 0 Å². The quantitative estimate of drug-likeness (QED) is 0.702. The normalized spacial score (nSPS) is 27.0. The number of carboxylic acid groups (broad SMARTS) is 1. The first-order chi connectivity index (χ1) is 9.59. The Morgan fingerprint density at radius 3 is 2.38 bits per heavy atom. The summed E-state index contributed by atoms with van der Waals surface area (Å²) in [6.07, 6.45) is -0.378. The third-order valence-electron chi connectivity index (χ3n) is 5.25. The van der Waals surface area contributed by atoms with Crippen molar-refractivity contribution in [3.63, 3.8) is 0 Å². The van der Waals surface area contributed by atoms with Gasteiger partial charge in [-0.25, -0.2) is 4.79 Å². The number of hydrogen-bond donors (Lipinski definition) is 3. The van der Waals surface area contributed by atoms with Gasteiger partial charge in [-0.15, -0.1) is 0 Å². The molecule has 0 aromatic heterocycles. The number of nitrogens with one attached hydrogen (secondary N) is 2. The minimum absolute atomic E-state index is 0.0109. The summed E-state index contributed by atoms with van der Waals surface area (Å²) in [5.41, 5.74) is -0.0218. The maximum absolute atomic E-state index is 12.4. The van der Waals surface area contributed by atoms with Crippen molar-refractivity contribution in [1.29, 1.82) is 0 Å². The van der Waals surface area contributed by atoms with E-state index in [1.54, 1.807) is 0 Å². The third-order valence-corrected chi connectivity index (χ3v) is 5.25. The van der Waals surface area contributed by atoms with Gasteiger partial charge in [-0.1, -0.05) is 27.7 Å². The molecule has 3 amide bonds. The highest BCUT2D eigenvalue weighted by atomic mass is 16.4. The first-order valence-electron chi connectivity index (χ1n) is 7.15. The van der Waals surface area contributed by atoms with Crippen LogP contribution in [0.15, 0.2) is 0 Å². The zero-order valence-corrected chi connectivity index (χ0v) is 12.9. The van der Waals surface area contributed by atoms with Crippen LogP contribution in [0.4, 0.5) is 4.79 Å². The van der Waals surface area contributed by atoms with Gasteiger partial charge in [0.25, 0.3) is 0 Å². The van der Waals surface area contributed by atoms with Crippen molar-refractivity contribution in [2.75, 3.05) is 13.1 Å². The van der Waals surface area contributed by atoms with Gasteiger partial charge in [0.1, 0.15) is 6.04 Å². The van der Waals surface area contributed by atoms with Crippen LogP contribution in [-0.4, -0.2) is 53.1 Å². The van der Waals surface area contributed by atoms with Crippen molar-refractivity contribution in [2.24, 2.45) is 10.8 Å². The molecule has 118 valence electrons. The van der Waals surface area contributed by atoms with E-state index in [0.717, 1.165) is 0 Å².